The summed E-state index contributed by atoms with van der Waals surface area (Å²) in [5.74, 6) is 1.79. The lowest BCUT2D eigenvalue weighted by Crippen LogP contribution is -2.78. The average Bonchev–Trinajstić information content (AvgIpc) is 3.76. The molecule has 2 bridgehead atoms. The summed E-state index contributed by atoms with van der Waals surface area (Å²) < 4.78 is 11.9. The van der Waals surface area contributed by atoms with Crippen molar-refractivity contribution in [2.75, 3.05) is 20.1 Å². The zero-order valence-corrected chi connectivity index (χ0v) is 20.7. The quantitative estimate of drug-likeness (QED) is 0.670. The second-order valence-corrected chi connectivity index (χ2v) is 12.4. The minimum absolute atomic E-state index is 0.0295. The molecule has 7 heteroatoms. The number of benzene rings is 1. The van der Waals surface area contributed by atoms with Crippen LogP contribution in [0, 0.1) is 11.8 Å². The monoisotopic (exact) mass is 490 g/mol. The Labute approximate surface area is 211 Å². The lowest BCUT2D eigenvalue weighted by atomic mass is 9.48. The first-order valence-corrected chi connectivity index (χ1v) is 13.7. The second-order valence-electron chi connectivity index (χ2n) is 12.4. The SMILES string of the molecule is CN(C(=O)[C@@H]1C[C@H]1c1ccoc1)[C@@H]1CC[C@@]2(O)[C@H]3Cc4ccc(O)c5c4[C@@]2(CCN3CC2CC2)[C@@H]1O5. The number of piperidine rings is 1. The molecule has 2 aromatic rings. The summed E-state index contributed by atoms with van der Waals surface area (Å²) in [6.07, 6.45) is 9.42. The lowest BCUT2D eigenvalue weighted by Gasteiger charge is -2.64. The van der Waals surface area contributed by atoms with Crippen molar-refractivity contribution in [3.8, 4) is 11.5 Å². The van der Waals surface area contributed by atoms with Gasteiger partial charge in [-0.1, -0.05) is 6.07 Å². The van der Waals surface area contributed by atoms with Gasteiger partial charge in [-0.3, -0.25) is 9.69 Å². The van der Waals surface area contributed by atoms with E-state index >= 15 is 0 Å². The molecular formula is C29H34N2O5. The number of likely N-dealkylation sites (N-methyl/N-ethyl adjacent to an activating group) is 1. The van der Waals surface area contributed by atoms with E-state index in [2.05, 4.69) is 4.90 Å². The number of aromatic hydroxyl groups is 1. The highest BCUT2D eigenvalue weighted by Gasteiger charge is 2.73. The highest BCUT2D eigenvalue weighted by atomic mass is 16.5. The van der Waals surface area contributed by atoms with Gasteiger partial charge >= 0.3 is 0 Å². The molecule has 36 heavy (non-hydrogen) atoms. The molecular weight excluding hydrogens is 456 g/mol. The Bertz CT molecular complexity index is 1240. The molecule has 1 amide bonds. The molecule has 2 aliphatic heterocycles. The van der Waals surface area contributed by atoms with Crippen LogP contribution in [0.5, 0.6) is 11.5 Å². The average molecular weight is 491 g/mol. The number of aliphatic hydroxyl groups is 1. The first kappa shape index (κ1) is 21.6. The van der Waals surface area contributed by atoms with Gasteiger partial charge in [0.15, 0.2) is 11.5 Å². The van der Waals surface area contributed by atoms with Crippen LogP contribution < -0.4 is 4.74 Å². The number of hydrogen-bond acceptors (Lipinski definition) is 6. The van der Waals surface area contributed by atoms with Crippen LogP contribution in [-0.2, 0) is 16.6 Å². The third-order valence-electron chi connectivity index (χ3n) is 10.7. The molecule has 8 rings (SSSR count). The van der Waals surface area contributed by atoms with Crippen molar-refractivity contribution in [3.05, 3.63) is 47.4 Å². The maximum Gasteiger partial charge on any atom is 0.226 e. The van der Waals surface area contributed by atoms with Gasteiger partial charge in [-0.15, -0.1) is 0 Å². The maximum atomic E-state index is 13.7. The van der Waals surface area contributed by atoms with Gasteiger partial charge < -0.3 is 24.3 Å². The molecule has 3 heterocycles. The van der Waals surface area contributed by atoms with Gasteiger partial charge in [-0.05, 0) is 86.6 Å². The summed E-state index contributed by atoms with van der Waals surface area (Å²) in [6, 6.07) is 5.65. The first-order chi connectivity index (χ1) is 17.4. The van der Waals surface area contributed by atoms with Gasteiger partial charge in [0, 0.05) is 31.1 Å². The number of carbonyl (C=O) groups excluding carboxylic acids is 1. The number of rotatable bonds is 5. The number of ether oxygens (including phenoxy) is 1. The van der Waals surface area contributed by atoms with Crippen molar-refractivity contribution in [2.24, 2.45) is 11.8 Å². The fourth-order valence-electron chi connectivity index (χ4n) is 8.60. The molecule has 1 saturated heterocycles. The third kappa shape index (κ3) is 2.63. The Balaban J connectivity index is 1.17. The topological polar surface area (TPSA) is 86.4 Å². The number of nitrogens with zero attached hydrogens (tertiary/aromatic N) is 2. The van der Waals surface area contributed by atoms with Crippen LogP contribution in [0.1, 0.15) is 61.1 Å². The van der Waals surface area contributed by atoms with Crippen molar-refractivity contribution >= 4 is 5.91 Å². The first-order valence-electron chi connectivity index (χ1n) is 13.7. The molecule has 6 aliphatic rings. The predicted octanol–water partition coefficient (Wildman–Crippen LogP) is 3.18. The molecule has 190 valence electrons. The van der Waals surface area contributed by atoms with E-state index in [9.17, 15) is 15.0 Å². The molecule has 0 radical (unpaired) electrons. The van der Waals surface area contributed by atoms with Gasteiger partial charge in [-0.2, -0.15) is 0 Å². The van der Waals surface area contributed by atoms with E-state index < -0.39 is 11.0 Å². The summed E-state index contributed by atoms with van der Waals surface area (Å²) >= 11 is 0. The Hall–Kier alpha value is -2.51. The molecule has 0 unspecified atom stereocenters. The Morgan fingerprint density at radius 3 is 2.86 bits per heavy atom. The number of furan rings is 1. The van der Waals surface area contributed by atoms with Crippen molar-refractivity contribution in [3.63, 3.8) is 0 Å². The van der Waals surface area contributed by atoms with E-state index in [-0.39, 0.29) is 41.7 Å². The number of phenols is 1. The van der Waals surface area contributed by atoms with E-state index in [1.54, 1.807) is 18.6 Å². The third-order valence-corrected chi connectivity index (χ3v) is 10.7. The van der Waals surface area contributed by atoms with Crippen LogP contribution >= 0.6 is 0 Å². The van der Waals surface area contributed by atoms with E-state index in [4.69, 9.17) is 9.15 Å². The van der Waals surface area contributed by atoms with E-state index in [0.717, 1.165) is 49.4 Å². The number of carbonyl (C=O) groups is 1. The van der Waals surface area contributed by atoms with Gasteiger partial charge in [0.05, 0.1) is 29.6 Å². The zero-order chi connectivity index (χ0) is 24.4. The van der Waals surface area contributed by atoms with Crippen molar-refractivity contribution in [1.29, 1.82) is 0 Å². The zero-order valence-electron chi connectivity index (χ0n) is 20.7. The molecule has 2 N–H and O–H groups in total. The summed E-state index contributed by atoms with van der Waals surface area (Å²) in [5, 5.41) is 23.5. The van der Waals surface area contributed by atoms with Crippen LogP contribution in [0.3, 0.4) is 0 Å². The fourth-order valence-corrected chi connectivity index (χ4v) is 8.60. The highest BCUT2D eigenvalue weighted by molar-refractivity contribution is 5.83. The Kier molecular flexibility index (Phi) is 4.24. The standard InChI is InChI=1S/C29H34N2O5/c1-30(27(33)20-13-19(20)18-7-11-35-15-18)21-6-8-29(34)23-12-17-4-5-22(32)25-24(17)28(29,26(21)36-25)9-10-31(23)14-16-2-3-16/h4-5,7,11,15-16,19-21,23,26,32,34H,2-3,6,8-10,12-14H2,1H3/t19-,20+,21+,23+,26+,28-,29+/m0/s1. The number of amides is 1. The summed E-state index contributed by atoms with van der Waals surface area (Å²) in [6.45, 7) is 1.99. The molecule has 3 saturated carbocycles. The molecule has 1 aromatic heterocycles. The lowest BCUT2D eigenvalue weighted by molar-refractivity contribution is -0.200. The number of likely N-dealkylation sites (tertiary alicyclic amines) is 1. The highest BCUT2D eigenvalue weighted by Crippen LogP contribution is 2.66. The van der Waals surface area contributed by atoms with Gasteiger partial charge in [0.25, 0.3) is 0 Å². The minimum atomic E-state index is -0.920. The van der Waals surface area contributed by atoms with E-state index in [1.165, 1.54) is 18.4 Å². The maximum absolute atomic E-state index is 13.7. The van der Waals surface area contributed by atoms with Crippen LogP contribution in [0.4, 0.5) is 0 Å². The summed E-state index contributed by atoms with van der Waals surface area (Å²) in [7, 11) is 1.91. The van der Waals surface area contributed by atoms with Crippen LogP contribution in [0.15, 0.2) is 35.1 Å². The minimum Gasteiger partial charge on any atom is -0.504 e. The second kappa shape index (κ2) is 7.07. The van der Waals surface area contributed by atoms with E-state index in [1.807, 2.05) is 24.1 Å². The summed E-state index contributed by atoms with van der Waals surface area (Å²) in [4.78, 5) is 18.1. The largest absolute Gasteiger partial charge is 0.504 e. The van der Waals surface area contributed by atoms with Crippen LogP contribution in [-0.4, -0.2) is 69.8 Å². The number of hydrogen-bond donors (Lipinski definition) is 2. The molecule has 7 atom stereocenters. The van der Waals surface area contributed by atoms with Crippen molar-refractivity contribution in [1.82, 2.24) is 9.80 Å². The van der Waals surface area contributed by atoms with Crippen LogP contribution in [0.25, 0.3) is 0 Å². The Morgan fingerprint density at radius 1 is 1.22 bits per heavy atom. The van der Waals surface area contributed by atoms with Gasteiger partial charge in [0.1, 0.15) is 6.10 Å². The fraction of sp³-hybridized carbons (Fsp3) is 0.621. The smallest absolute Gasteiger partial charge is 0.226 e. The van der Waals surface area contributed by atoms with Gasteiger partial charge in [0.2, 0.25) is 5.91 Å². The molecule has 4 fully saturated rings. The van der Waals surface area contributed by atoms with Crippen molar-refractivity contribution < 1.29 is 24.2 Å². The van der Waals surface area contributed by atoms with Crippen LogP contribution in [0.2, 0.25) is 0 Å². The molecule has 4 aliphatic carbocycles. The number of phenolic OH excluding ortho intramolecular Hbond substituents is 1. The molecule has 7 nitrogen and oxygen atoms in total. The van der Waals surface area contributed by atoms with Crippen molar-refractivity contribution in [2.45, 2.75) is 80.1 Å². The molecule has 1 aromatic carbocycles. The van der Waals surface area contributed by atoms with E-state index in [0.29, 0.717) is 18.6 Å². The normalized spacial score (nSPS) is 39.9. The molecule has 1 spiro atoms. The summed E-state index contributed by atoms with van der Waals surface area (Å²) in [5.41, 5.74) is 1.79. The van der Waals surface area contributed by atoms with Gasteiger partial charge in [-0.25, -0.2) is 0 Å². The predicted molar refractivity (Wildman–Crippen MR) is 131 cm³/mol. The Morgan fingerprint density at radius 2 is 2.08 bits per heavy atom.